The molecule has 1 aliphatic heterocycles. The molecule has 4 rings (SSSR count). The minimum atomic E-state index is -0.964. The number of carbonyl (C=O) groups excluding carboxylic acids is 3. The Balaban J connectivity index is 1.54. The highest BCUT2D eigenvalue weighted by molar-refractivity contribution is 6.30. The number of ether oxygens (including phenoxy) is 2. The third-order valence-corrected chi connectivity index (χ3v) is 6.16. The number of halogens is 2. The summed E-state index contributed by atoms with van der Waals surface area (Å²) < 4.78 is 26.1. The fourth-order valence-corrected chi connectivity index (χ4v) is 4.16. The van der Waals surface area contributed by atoms with E-state index in [1.165, 1.54) is 54.6 Å². The third kappa shape index (κ3) is 5.66. The molecule has 38 heavy (non-hydrogen) atoms. The van der Waals surface area contributed by atoms with Gasteiger partial charge in [0.25, 0.3) is 5.56 Å². The number of urea groups is 1. The van der Waals surface area contributed by atoms with Gasteiger partial charge in [-0.2, -0.15) is 0 Å². The largest absolute Gasteiger partial charge is 0.464 e. The van der Waals surface area contributed by atoms with E-state index in [2.05, 4.69) is 15.6 Å². The van der Waals surface area contributed by atoms with Crippen LogP contribution < -0.4 is 16.2 Å². The van der Waals surface area contributed by atoms with Gasteiger partial charge in [0.2, 0.25) is 5.91 Å². The number of benzene rings is 1. The summed E-state index contributed by atoms with van der Waals surface area (Å²) >= 11 is 5.83. The zero-order chi connectivity index (χ0) is 27.4. The van der Waals surface area contributed by atoms with Crippen LogP contribution in [0.25, 0.3) is 5.69 Å². The minimum absolute atomic E-state index is 0.0586. The van der Waals surface area contributed by atoms with Gasteiger partial charge in [0, 0.05) is 38.4 Å². The van der Waals surface area contributed by atoms with E-state index in [-0.39, 0.29) is 35.9 Å². The van der Waals surface area contributed by atoms with Crippen LogP contribution >= 0.6 is 11.6 Å². The Morgan fingerprint density at radius 2 is 1.89 bits per heavy atom. The van der Waals surface area contributed by atoms with E-state index in [9.17, 15) is 19.2 Å². The second-order valence-electron chi connectivity index (χ2n) is 8.28. The van der Waals surface area contributed by atoms with E-state index in [1.54, 1.807) is 6.07 Å². The molecule has 11 nitrogen and oxygen atoms in total. The Labute approximate surface area is 221 Å². The van der Waals surface area contributed by atoms with Gasteiger partial charge in [0.15, 0.2) is 0 Å². The van der Waals surface area contributed by atoms with Gasteiger partial charge in [-0.1, -0.05) is 17.7 Å². The van der Waals surface area contributed by atoms with Crippen LogP contribution in [0.1, 0.15) is 16.9 Å². The van der Waals surface area contributed by atoms with Crippen LogP contribution in [0.5, 0.6) is 0 Å². The summed E-state index contributed by atoms with van der Waals surface area (Å²) in [7, 11) is 2.63. The van der Waals surface area contributed by atoms with Gasteiger partial charge in [-0.05, 0) is 30.3 Å². The van der Waals surface area contributed by atoms with Crippen LogP contribution in [0.3, 0.4) is 0 Å². The van der Waals surface area contributed by atoms with E-state index < -0.39 is 41.4 Å². The number of esters is 1. The summed E-state index contributed by atoms with van der Waals surface area (Å²) in [4.78, 5) is 55.8. The first-order valence-corrected chi connectivity index (χ1v) is 11.7. The van der Waals surface area contributed by atoms with E-state index in [1.807, 2.05) is 0 Å². The maximum absolute atomic E-state index is 15.1. The predicted molar refractivity (Wildman–Crippen MR) is 136 cm³/mol. The number of methoxy groups -OCH3 is 2. The van der Waals surface area contributed by atoms with Crippen LogP contribution in [0.15, 0.2) is 59.5 Å². The SMILES string of the molecule is COC(=O)c1cccc(=O)n1-c1ccc(NC(=O)C2CC(OC)CN2C(=O)Nc2ccc(Cl)cn2)c(F)c1. The topological polar surface area (TPSA) is 132 Å². The standard InChI is InChI=1S/C25H23ClFN5O6/c1-37-16-11-20(31(13-16)25(36)30-21-9-6-14(26)12-28-21)23(34)29-18-8-7-15(10-17(18)27)32-19(24(35)38-2)4-3-5-22(32)33/h3-10,12,16,20H,11,13H2,1-2H3,(H,29,34)(H,28,30,36). The number of hydrogen-bond donors (Lipinski definition) is 2. The molecule has 1 aliphatic rings. The van der Waals surface area contributed by atoms with Crippen LogP contribution in [0.4, 0.5) is 20.7 Å². The number of nitrogens with zero attached hydrogens (tertiary/aromatic N) is 3. The predicted octanol–water partition coefficient (Wildman–Crippen LogP) is 3.07. The van der Waals surface area contributed by atoms with Crippen molar-refractivity contribution >= 4 is 41.0 Å². The van der Waals surface area contributed by atoms with Gasteiger partial charge in [-0.15, -0.1) is 0 Å². The Bertz CT molecular complexity index is 1430. The van der Waals surface area contributed by atoms with Crippen molar-refractivity contribution in [3.05, 3.63) is 81.6 Å². The molecular weight excluding hydrogens is 521 g/mol. The van der Waals surface area contributed by atoms with Crippen LogP contribution in [0.2, 0.25) is 5.02 Å². The van der Waals surface area contributed by atoms with Crippen molar-refractivity contribution in [2.45, 2.75) is 18.6 Å². The number of carbonyl (C=O) groups is 3. The van der Waals surface area contributed by atoms with Crippen molar-refractivity contribution in [1.82, 2.24) is 14.5 Å². The first-order valence-electron chi connectivity index (χ1n) is 11.3. The van der Waals surface area contributed by atoms with Crippen LogP contribution in [0, 0.1) is 5.82 Å². The smallest absolute Gasteiger partial charge is 0.355 e. The molecule has 2 N–H and O–H groups in total. The van der Waals surface area contributed by atoms with Crippen molar-refractivity contribution in [3.63, 3.8) is 0 Å². The molecule has 3 aromatic rings. The molecule has 0 saturated carbocycles. The number of amides is 3. The number of hydrogen-bond acceptors (Lipinski definition) is 7. The van der Waals surface area contributed by atoms with Gasteiger partial charge < -0.3 is 19.7 Å². The molecule has 1 saturated heterocycles. The van der Waals surface area contributed by atoms with Crippen molar-refractivity contribution in [2.24, 2.45) is 0 Å². The van der Waals surface area contributed by atoms with E-state index in [0.29, 0.717) is 5.02 Å². The van der Waals surface area contributed by atoms with E-state index in [0.717, 1.165) is 17.7 Å². The number of rotatable bonds is 6. The van der Waals surface area contributed by atoms with Crippen molar-refractivity contribution < 1.29 is 28.2 Å². The molecule has 13 heteroatoms. The van der Waals surface area contributed by atoms with Crippen molar-refractivity contribution in [3.8, 4) is 5.69 Å². The lowest BCUT2D eigenvalue weighted by Gasteiger charge is -2.24. The number of aromatic nitrogens is 2. The monoisotopic (exact) mass is 543 g/mol. The second kappa shape index (κ2) is 11.4. The summed E-state index contributed by atoms with van der Waals surface area (Å²) in [6.07, 6.45) is 1.14. The average Bonchev–Trinajstić information content (AvgIpc) is 3.35. The number of anilines is 2. The van der Waals surface area contributed by atoms with Gasteiger partial charge in [-0.25, -0.2) is 19.0 Å². The summed E-state index contributed by atoms with van der Waals surface area (Å²) in [6.45, 7) is 0.128. The molecule has 0 bridgehead atoms. The fraction of sp³-hybridized carbons (Fsp3) is 0.240. The highest BCUT2D eigenvalue weighted by atomic mass is 35.5. The quantitative estimate of drug-likeness (QED) is 0.457. The lowest BCUT2D eigenvalue weighted by atomic mass is 10.1. The highest BCUT2D eigenvalue weighted by Crippen LogP contribution is 2.25. The third-order valence-electron chi connectivity index (χ3n) is 5.94. The number of nitrogens with one attached hydrogen (secondary N) is 2. The molecule has 0 aliphatic carbocycles. The molecule has 2 atom stereocenters. The summed E-state index contributed by atoms with van der Waals surface area (Å²) in [6, 6.07) is 9.12. The molecular formula is C25H23ClFN5O6. The normalized spacial score (nSPS) is 16.7. The molecule has 2 unspecified atom stereocenters. The zero-order valence-electron chi connectivity index (χ0n) is 20.3. The van der Waals surface area contributed by atoms with Gasteiger partial charge in [0.05, 0.1) is 29.6 Å². The Morgan fingerprint density at radius 1 is 1.11 bits per heavy atom. The average molecular weight is 544 g/mol. The lowest BCUT2D eigenvalue weighted by Crippen LogP contribution is -2.45. The Morgan fingerprint density at radius 3 is 2.55 bits per heavy atom. The molecule has 3 heterocycles. The summed E-state index contributed by atoms with van der Waals surface area (Å²) in [5.41, 5.74) is -0.784. The Hall–Kier alpha value is -4.29. The highest BCUT2D eigenvalue weighted by Gasteiger charge is 2.40. The zero-order valence-corrected chi connectivity index (χ0v) is 21.1. The first-order chi connectivity index (χ1) is 18.2. The molecule has 2 aromatic heterocycles. The fourth-order valence-electron chi connectivity index (χ4n) is 4.05. The number of pyridine rings is 2. The minimum Gasteiger partial charge on any atom is -0.464 e. The van der Waals surface area contributed by atoms with Crippen molar-refractivity contribution in [1.29, 1.82) is 0 Å². The lowest BCUT2D eigenvalue weighted by molar-refractivity contribution is -0.119. The molecule has 1 aromatic carbocycles. The van der Waals surface area contributed by atoms with Crippen molar-refractivity contribution in [2.75, 3.05) is 31.4 Å². The van der Waals surface area contributed by atoms with E-state index >= 15 is 4.39 Å². The van der Waals surface area contributed by atoms with Crippen LogP contribution in [-0.4, -0.2) is 65.3 Å². The molecule has 198 valence electrons. The molecule has 1 fully saturated rings. The number of likely N-dealkylation sites (tertiary alicyclic amines) is 1. The molecule has 3 amide bonds. The van der Waals surface area contributed by atoms with Crippen LogP contribution in [-0.2, 0) is 14.3 Å². The summed E-state index contributed by atoms with van der Waals surface area (Å²) in [5.74, 6) is -2.03. The summed E-state index contributed by atoms with van der Waals surface area (Å²) in [5, 5.41) is 5.49. The van der Waals surface area contributed by atoms with E-state index in [4.69, 9.17) is 21.1 Å². The Kier molecular flexibility index (Phi) is 8.03. The maximum Gasteiger partial charge on any atom is 0.355 e. The second-order valence-corrected chi connectivity index (χ2v) is 8.72. The molecule has 0 spiro atoms. The first kappa shape index (κ1) is 26.8. The van der Waals surface area contributed by atoms with Gasteiger partial charge in [-0.3, -0.25) is 19.5 Å². The van der Waals surface area contributed by atoms with Gasteiger partial charge >= 0.3 is 12.0 Å². The molecule has 0 radical (unpaired) electrons. The maximum atomic E-state index is 15.1. The van der Waals surface area contributed by atoms with Gasteiger partial charge in [0.1, 0.15) is 23.4 Å².